The topological polar surface area (TPSA) is 61.9 Å². The highest BCUT2D eigenvalue weighted by Gasteiger charge is 2.31. The number of amides is 2. The molecule has 0 spiro atoms. The molecule has 1 fully saturated rings. The lowest BCUT2D eigenvalue weighted by molar-refractivity contribution is -0.136. The number of para-hydroxylation sites is 1. The quantitative estimate of drug-likeness (QED) is 0.842. The summed E-state index contributed by atoms with van der Waals surface area (Å²) in [4.78, 5) is 29.9. The van der Waals surface area contributed by atoms with Crippen LogP contribution in [-0.2, 0) is 4.79 Å². The highest BCUT2D eigenvalue weighted by atomic mass is 16.5. The number of nitrogens with zero attached hydrogens (tertiary/aromatic N) is 2. The van der Waals surface area contributed by atoms with Gasteiger partial charge in [-0.2, -0.15) is 0 Å². The highest BCUT2D eigenvalue weighted by molar-refractivity contribution is 5.99. The molecule has 1 unspecified atom stereocenters. The van der Waals surface area contributed by atoms with Crippen molar-refractivity contribution in [3.63, 3.8) is 0 Å². The molecule has 1 saturated heterocycles. The lowest BCUT2D eigenvalue weighted by Crippen LogP contribution is -2.57. The maximum atomic E-state index is 13.0. The molecule has 0 aromatic heterocycles. The Balaban J connectivity index is 2.06. The van der Waals surface area contributed by atoms with Crippen LogP contribution < -0.4 is 10.1 Å². The Labute approximate surface area is 156 Å². The Bertz CT molecular complexity index is 622. The van der Waals surface area contributed by atoms with Gasteiger partial charge >= 0.3 is 0 Å². The molecular weight excluding hydrogens is 330 g/mol. The molecule has 2 amide bonds. The summed E-state index contributed by atoms with van der Waals surface area (Å²) in [6.45, 7) is 11.4. The summed E-state index contributed by atoms with van der Waals surface area (Å²) in [5.74, 6) is 0.219. The first-order valence-corrected chi connectivity index (χ1v) is 9.31. The Morgan fingerprint density at radius 2 is 1.65 bits per heavy atom. The van der Waals surface area contributed by atoms with E-state index in [1.54, 1.807) is 18.2 Å². The Kier molecular flexibility index (Phi) is 7.03. The minimum atomic E-state index is -0.544. The molecular formula is C20H31N3O3. The van der Waals surface area contributed by atoms with Crippen LogP contribution in [0.15, 0.2) is 24.3 Å². The smallest absolute Gasteiger partial charge is 0.255 e. The molecule has 1 aromatic rings. The number of piperazine rings is 1. The number of rotatable bonds is 6. The molecule has 0 radical (unpaired) electrons. The van der Waals surface area contributed by atoms with Crippen LogP contribution in [0.1, 0.15) is 38.1 Å². The fourth-order valence-corrected chi connectivity index (χ4v) is 3.22. The molecule has 1 aliphatic rings. The van der Waals surface area contributed by atoms with Crippen LogP contribution in [0.25, 0.3) is 0 Å². The minimum absolute atomic E-state index is 0.00397. The summed E-state index contributed by atoms with van der Waals surface area (Å²) in [5.41, 5.74) is 0.443. The van der Waals surface area contributed by atoms with Crippen LogP contribution in [0.5, 0.6) is 5.75 Å². The molecule has 0 aliphatic carbocycles. The fraction of sp³-hybridized carbons (Fsp3) is 0.600. The number of methoxy groups -OCH3 is 1. The zero-order chi connectivity index (χ0) is 19.3. The minimum Gasteiger partial charge on any atom is -0.496 e. The second-order valence-electron chi connectivity index (χ2n) is 7.35. The Hall–Kier alpha value is -2.08. The number of hydrogen-bond acceptors (Lipinski definition) is 4. The SMILES string of the molecule is COc1ccccc1C(=O)NC(C(=O)N1CCN(C(C)C)CC1)C(C)C. The van der Waals surface area contributed by atoms with Crippen molar-refractivity contribution in [3.05, 3.63) is 29.8 Å². The van der Waals surface area contributed by atoms with Gasteiger partial charge in [-0.15, -0.1) is 0 Å². The van der Waals surface area contributed by atoms with E-state index in [4.69, 9.17) is 4.74 Å². The van der Waals surface area contributed by atoms with Crippen molar-refractivity contribution in [2.24, 2.45) is 5.92 Å². The van der Waals surface area contributed by atoms with Gasteiger partial charge in [-0.05, 0) is 31.9 Å². The second kappa shape index (κ2) is 9.03. The Morgan fingerprint density at radius 1 is 1.04 bits per heavy atom. The third-order valence-corrected chi connectivity index (χ3v) is 4.93. The lowest BCUT2D eigenvalue weighted by atomic mass is 10.0. The summed E-state index contributed by atoms with van der Waals surface area (Å²) < 4.78 is 5.26. The molecule has 1 atom stereocenters. The fourth-order valence-electron chi connectivity index (χ4n) is 3.22. The van der Waals surface area contributed by atoms with Gasteiger partial charge in [0, 0.05) is 32.2 Å². The van der Waals surface area contributed by atoms with Crippen LogP contribution in [0.3, 0.4) is 0 Å². The lowest BCUT2D eigenvalue weighted by Gasteiger charge is -2.39. The first kappa shape index (κ1) is 20.2. The normalized spacial score (nSPS) is 16.7. The van der Waals surface area contributed by atoms with Gasteiger partial charge in [0.2, 0.25) is 5.91 Å². The van der Waals surface area contributed by atoms with Crippen molar-refractivity contribution in [2.45, 2.75) is 39.8 Å². The summed E-state index contributed by atoms with van der Waals surface area (Å²) >= 11 is 0. The van der Waals surface area contributed by atoms with E-state index in [0.29, 0.717) is 30.4 Å². The second-order valence-corrected chi connectivity index (χ2v) is 7.35. The van der Waals surface area contributed by atoms with Gasteiger partial charge in [0.1, 0.15) is 11.8 Å². The summed E-state index contributed by atoms with van der Waals surface area (Å²) in [6.07, 6.45) is 0. The molecule has 1 N–H and O–H groups in total. The van der Waals surface area contributed by atoms with E-state index in [-0.39, 0.29) is 17.7 Å². The molecule has 26 heavy (non-hydrogen) atoms. The van der Waals surface area contributed by atoms with Gasteiger partial charge in [0.05, 0.1) is 12.7 Å². The van der Waals surface area contributed by atoms with Gasteiger partial charge in [-0.3, -0.25) is 14.5 Å². The molecule has 1 heterocycles. The van der Waals surface area contributed by atoms with Crippen LogP contribution in [0, 0.1) is 5.92 Å². The molecule has 144 valence electrons. The van der Waals surface area contributed by atoms with Crippen molar-refractivity contribution < 1.29 is 14.3 Å². The van der Waals surface area contributed by atoms with Crippen LogP contribution >= 0.6 is 0 Å². The zero-order valence-corrected chi connectivity index (χ0v) is 16.5. The monoisotopic (exact) mass is 361 g/mol. The van der Waals surface area contributed by atoms with E-state index in [9.17, 15) is 9.59 Å². The number of ether oxygens (including phenoxy) is 1. The van der Waals surface area contributed by atoms with Crippen molar-refractivity contribution in [2.75, 3.05) is 33.3 Å². The molecule has 1 aliphatic heterocycles. The predicted octanol–water partition coefficient (Wildman–Crippen LogP) is 2.00. The van der Waals surface area contributed by atoms with E-state index in [1.165, 1.54) is 7.11 Å². The van der Waals surface area contributed by atoms with E-state index < -0.39 is 6.04 Å². The third-order valence-electron chi connectivity index (χ3n) is 4.93. The first-order valence-electron chi connectivity index (χ1n) is 9.31. The Morgan fingerprint density at radius 3 is 2.19 bits per heavy atom. The summed E-state index contributed by atoms with van der Waals surface area (Å²) in [5, 5.41) is 2.91. The molecule has 0 saturated carbocycles. The highest BCUT2D eigenvalue weighted by Crippen LogP contribution is 2.18. The van der Waals surface area contributed by atoms with Crippen molar-refractivity contribution in [3.8, 4) is 5.75 Å². The van der Waals surface area contributed by atoms with Crippen LogP contribution in [0.2, 0.25) is 0 Å². The maximum absolute atomic E-state index is 13.0. The van der Waals surface area contributed by atoms with E-state index >= 15 is 0 Å². The van der Waals surface area contributed by atoms with E-state index in [0.717, 1.165) is 13.1 Å². The number of benzene rings is 1. The van der Waals surface area contributed by atoms with Gasteiger partial charge in [0.25, 0.3) is 5.91 Å². The molecule has 6 nitrogen and oxygen atoms in total. The van der Waals surface area contributed by atoms with Crippen molar-refractivity contribution >= 4 is 11.8 Å². The number of carbonyl (C=O) groups is 2. The van der Waals surface area contributed by atoms with Crippen LogP contribution in [0.4, 0.5) is 0 Å². The third kappa shape index (κ3) is 4.75. The average Bonchev–Trinajstić information content (AvgIpc) is 2.65. The molecule has 0 bridgehead atoms. The van der Waals surface area contributed by atoms with Crippen molar-refractivity contribution in [1.29, 1.82) is 0 Å². The van der Waals surface area contributed by atoms with Gasteiger partial charge in [0.15, 0.2) is 0 Å². The first-order chi connectivity index (χ1) is 12.3. The number of hydrogen-bond donors (Lipinski definition) is 1. The maximum Gasteiger partial charge on any atom is 0.255 e. The standard InChI is InChI=1S/C20H31N3O3/c1-14(2)18(20(25)23-12-10-22(11-13-23)15(3)4)21-19(24)16-8-6-7-9-17(16)26-5/h6-9,14-15,18H,10-13H2,1-5H3,(H,21,24). The summed E-state index contributed by atoms with van der Waals surface area (Å²) in [7, 11) is 1.53. The molecule has 6 heteroatoms. The largest absolute Gasteiger partial charge is 0.496 e. The van der Waals surface area contributed by atoms with E-state index in [1.807, 2.05) is 24.8 Å². The summed E-state index contributed by atoms with van der Waals surface area (Å²) in [6, 6.07) is 6.99. The molecule has 1 aromatic carbocycles. The zero-order valence-electron chi connectivity index (χ0n) is 16.5. The number of carbonyl (C=O) groups excluding carboxylic acids is 2. The average molecular weight is 361 g/mol. The van der Waals surface area contributed by atoms with Crippen molar-refractivity contribution in [1.82, 2.24) is 15.1 Å². The molecule has 2 rings (SSSR count). The van der Waals surface area contributed by atoms with Gasteiger partial charge < -0.3 is 15.0 Å². The van der Waals surface area contributed by atoms with Gasteiger partial charge in [-0.1, -0.05) is 26.0 Å². The van der Waals surface area contributed by atoms with Gasteiger partial charge in [-0.25, -0.2) is 0 Å². The van der Waals surface area contributed by atoms with Crippen LogP contribution in [-0.4, -0.2) is 67.0 Å². The van der Waals surface area contributed by atoms with E-state index in [2.05, 4.69) is 24.1 Å². The number of nitrogens with one attached hydrogen (secondary N) is 1. The predicted molar refractivity (Wildman–Crippen MR) is 102 cm³/mol.